The third kappa shape index (κ3) is 7.21. The van der Waals surface area contributed by atoms with E-state index in [1.165, 1.54) is 17.2 Å². The Balaban J connectivity index is 0.788. The molecule has 5 amide bonds. The Morgan fingerprint density at radius 1 is 0.850 bits per heavy atom. The van der Waals surface area contributed by atoms with Crippen molar-refractivity contribution in [2.24, 2.45) is 11.1 Å². The number of nitrogens with two attached hydrogens (primary N) is 1. The van der Waals surface area contributed by atoms with Crippen molar-refractivity contribution >= 4 is 52.6 Å². The van der Waals surface area contributed by atoms with Gasteiger partial charge in [0.2, 0.25) is 5.91 Å². The summed E-state index contributed by atoms with van der Waals surface area (Å²) in [7, 11) is 0. The molecule has 2 aliphatic carbocycles. The predicted molar refractivity (Wildman–Crippen MR) is 216 cm³/mol. The minimum absolute atomic E-state index is 0.000556. The van der Waals surface area contributed by atoms with E-state index in [0.29, 0.717) is 61.2 Å². The quantitative estimate of drug-likeness (QED) is 0.318. The number of nitriles is 1. The lowest BCUT2D eigenvalue weighted by Crippen LogP contribution is -2.59. The summed E-state index contributed by atoms with van der Waals surface area (Å²) in [6, 6.07) is 8.39. The van der Waals surface area contributed by atoms with Gasteiger partial charge in [0.15, 0.2) is 0 Å². The molecule has 1 atom stereocenters. The van der Waals surface area contributed by atoms with E-state index in [2.05, 4.69) is 19.8 Å². The fourth-order valence-corrected chi connectivity index (χ4v) is 10.4. The van der Waals surface area contributed by atoms with Gasteiger partial charge in [-0.15, -0.1) is 0 Å². The topological polar surface area (TPSA) is 186 Å². The number of ether oxygens (including phenoxy) is 1. The van der Waals surface area contributed by atoms with Crippen molar-refractivity contribution in [2.45, 2.75) is 88.4 Å². The number of hydrogen-bond acceptors (Lipinski definition) is 12. The minimum atomic E-state index is -1.16. The van der Waals surface area contributed by atoms with Crippen molar-refractivity contribution in [3.63, 3.8) is 0 Å². The van der Waals surface area contributed by atoms with Gasteiger partial charge in [-0.1, -0.05) is 11.6 Å². The van der Waals surface area contributed by atoms with E-state index < -0.39 is 41.5 Å². The number of piperazine rings is 1. The maximum absolute atomic E-state index is 15.8. The van der Waals surface area contributed by atoms with Crippen molar-refractivity contribution in [2.75, 3.05) is 49.1 Å². The van der Waals surface area contributed by atoms with Gasteiger partial charge in [0.1, 0.15) is 35.2 Å². The standard InChI is InChI=1S/C43H45ClFN9O6/c44-32-17-29(4-1-25(32)22-46)60-28-5-2-26(3-6-28)53-38(55)8-7-35(42(53)59)54-40(57)30-18-33(45)36(19-31(30)41(54)58)51-11-9-43(10-12-51)20-27(21-43)50-13-15-52(16-14-50)37-24-48-34(23-49-37)39(47)56/h1,4,17-19,23-24,26-28,35H,2-3,5-16,20-21H2,(H2,47,56). The molecule has 0 radical (unpaired) electrons. The van der Waals surface area contributed by atoms with Crippen LogP contribution in [0.2, 0.25) is 5.02 Å². The van der Waals surface area contributed by atoms with Gasteiger partial charge in [0, 0.05) is 63.8 Å². The normalized spacial score (nSPS) is 24.7. The van der Waals surface area contributed by atoms with Crippen molar-refractivity contribution < 1.29 is 33.1 Å². The molecule has 1 unspecified atom stereocenters. The Bertz CT molecular complexity index is 2290. The number of rotatable bonds is 8. The Kier molecular flexibility index (Phi) is 10.4. The number of hydrogen-bond donors (Lipinski definition) is 1. The van der Waals surface area contributed by atoms with Crippen molar-refractivity contribution in [1.29, 1.82) is 5.26 Å². The first-order valence-corrected chi connectivity index (χ1v) is 21.1. The summed E-state index contributed by atoms with van der Waals surface area (Å²) in [6.45, 7) is 4.64. The number of aromatic nitrogens is 2. The van der Waals surface area contributed by atoms with Crippen LogP contribution >= 0.6 is 11.6 Å². The first kappa shape index (κ1) is 39.8. The van der Waals surface area contributed by atoms with Gasteiger partial charge in [-0.05, 0) is 87.5 Å². The molecule has 5 fully saturated rings. The molecular formula is C43H45ClFN9O6. The second-order valence-electron chi connectivity index (χ2n) is 17.0. The summed E-state index contributed by atoms with van der Waals surface area (Å²) in [4.78, 5) is 83.6. The summed E-state index contributed by atoms with van der Waals surface area (Å²) in [5.74, 6) is -2.22. The lowest BCUT2D eigenvalue weighted by molar-refractivity contribution is -0.155. The highest BCUT2D eigenvalue weighted by atomic mass is 35.5. The van der Waals surface area contributed by atoms with Crippen LogP contribution in [0.4, 0.5) is 15.9 Å². The zero-order chi connectivity index (χ0) is 41.9. The number of halogens is 2. The molecule has 6 aliphatic rings. The van der Waals surface area contributed by atoms with E-state index in [0.717, 1.165) is 68.6 Å². The van der Waals surface area contributed by atoms with Crippen molar-refractivity contribution in [3.05, 3.63) is 75.9 Å². The molecule has 2 saturated carbocycles. The SMILES string of the molecule is N#Cc1ccc(OC2CCC(N3C(=O)CCC(N4C(=O)c5cc(F)c(N6CCC7(CC6)CC(N6CCN(c8cnc(C(N)=O)cn8)CC6)C7)cc5C4=O)C3=O)CC2)cc1Cl. The van der Waals surface area contributed by atoms with Crippen LogP contribution in [0.25, 0.3) is 0 Å². The first-order valence-electron chi connectivity index (χ1n) is 20.7. The highest BCUT2D eigenvalue weighted by molar-refractivity contribution is 6.31. The molecule has 15 nitrogen and oxygen atoms in total. The molecule has 1 spiro atoms. The molecule has 1 aromatic heterocycles. The smallest absolute Gasteiger partial charge is 0.268 e. The Labute approximate surface area is 351 Å². The van der Waals surface area contributed by atoms with E-state index in [4.69, 9.17) is 27.3 Å². The van der Waals surface area contributed by atoms with Crippen LogP contribution in [0, 0.1) is 22.6 Å². The van der Waals surface area contributed by atoms with Crippen LogP contribution in [0.15, 0.2) is 42.7 Å². The minimum Gasteiger partial charge on any atom is -0.490 e. The van der Waals surface area contributed by atoms with Gasteiger partial charge in [-0.3, -0.25) is 38.7 Å². The number of imide groups is 2. The van der Waals surface area contributed by atoms with Crippen LogP contribution in [-0.2, 0) is 9.59 Å². The fraction of sp³-hybridized carbons (Fsp3) is 0.488. The lowest BCUT2D eigenvalue weighted by Gasteiger charge is -2.56. The van der Waals surface area contributed by atoms with Gasteiger partial charge in [0.05, 0.1) is 45.9 Å². The second-order valence-corrected chi connectivity index (χ2v) is 17.4. The molecular weight excluding hydrogens is 793 g/mol. The van der Waals surface area contributed by atoms with Crippen LogP contribution in [0.3, 0.4) is 0 Å². The maximum Gasteiger partial charge on any atom is 0.268 e. The second kappa shape index (κ2) is 15.7. The molecule has 312 valence electrons. The lowest BCUT2D eigenvalue weighted by atomic mass is 9.60. The van der Waals surface area contributed by atoms with E-state index in [1.54, 1.807) is 24.4 Å². The number of carbonyl (C=O) groups excluding carboxylic acids is 5. The summed E-state index contributed by atoms with van der Waals surface area (Å²) < 4.78 is 21.9. The zero-order valence-corrected chi connectivity index (χ0v) is 33.8. The Hall–Kier alpha value is -5.66. The Morgan fingerprint density at radius 3 is 2.18 bits per heavy atom. The van der Waals surface area contributed by atoms with Crippen molar-refractivity contribution in [1.82, 2.24) is 24.7 Å². The van der Waals surface area contributed by atoms with Gasteiger partial charge in [-0.2, -0.15) is 5.26 Å². The third-order valence-corrected chi connectivity index (χ3v) is 14.0. The van der Waals surface area contributed by atoms with E-state index in [-0.39, 0.29) is 52.8 Å². The van der Waals surface area contributed by atoms with Gasteiger partial charge >= 0.3 is 0 Å². The molecule has 4 aliphatic heterocycles. The van der Waals surface area contributed by atoms with Gasteiger partial charge < -0.3 is 20.3 Å². The van der Waals surface area contributed by atoms with Gasteiger partial charge in [0.25, 0.3) is 23.6 Å². The summed E-state index contributed by atoms with van der Waals surface area (Å²) in [5.41, 5.74) is 6.25. The molecule has 0 bridgehead atoms. The molecule has 3 aromatic rings. The highest BCUT2D eigenvalue weighted by Gasteiger charge is 2.51. The van der Waals surface area contributed by atoms with E-state index >= 15 is 4.39 Å². The number of nitrogens with zero attached hydrogens (tertiary/aromatic N) is 8. The monoisotopic (exact) mass is 837 g/mol. The largest absolute Gasteiger partial charge is 0.490 e. The Morgan fingerprint density at radius 2 is 1.55 bits per heavy atom. The van der Waals surface area contributed by atoms with Crippen LogP contribution in [-0.4, -0.2) is 118 Å². The first-order chi connectivity index (χ1) is 28.9. The number of fused-ring (bicyclic) bond motifs is 1. The summed E-state index contributed by atoms with van der Waals surface area (Å²) >= 11 is 6.17. The average Bonchev–Trinajstić information content (AvgIpc) is 3.47. The molecule has 17 heteroatoms. The van der Waals surface area contributed by atoms with Crippen molar-refractivity contribution in [3.8, 4) is 11.8 Å². The summed E-state index contributed by atoms with van der Waals surface area (Å²) in [5, 5.41) is 9.45. The molecule has 2 aromatic carbocycles. The number of likely N-dealkylation sites (tertiary alicyclic amines) is 1. The zero-order valence-electron chi connectivity index (χ0n) is 33.0. The van der Waals surface area contributed by atoms with Crippen LogP contribution in [0.5, 0.6) is 5.75 Å². The number of primary amides is 1. The number of carbonyl (C=O) groups is 5. The molecule has 3 saturated heterocycles. The molecule has 5 heterocycles. The van der Waals surface area contributed by atoms with Crippen LogP contribution < -0.4 is 20.3 Å². The number of piperidine rings is 2. The highest BCUT2D eigenvalue weighted by Crippen LogP contribution is 2.52. The number of amides is 5. The molecule has 9 rings (SSSR count). The fourth-order valence-electron chi connectivity index (χ4n) is 10.2. The third-order valence-electron chi connectivity index (χ3n) is 13.6. The van der Waals surface area contributed by atoms with Gasteiger partial charge in [-0.25, -0.2) is 14.4 Å². The number of benzene rings is 2. The number of anilines is 2. The maximum atomic E-state index is 15.8. The summed E-state index contributed by atoms with van der Waals surface area (Å²) in [6.07, 6.45) is 8.83. The van der Waals surface area contributed by atoms with Crippen LogP contribution in [0.1, 0.15) is 101 Å². The van der Waals surface area contributed by atoms with E-state index in [1.807, 2.05) is 11.0 Å². The molecule has 60 heavy (non-hydrogen) atoms. The predicted octanol–water partition coefficient (Wildman–Crippen LogP) is 4.31. The molecule has 2 N–H and O–H groups in total. The van der Waals surface area contributed by atoms with E-state index in [9.17, 15) is 24.0 Å². The average molecular weight is 838 g/mol.